The van der Waals surface area contributed by atoms with Gasteiger partial charge in [0.05, 0.1) is 5.25 Å². The molecule has 17 heavy (non-hydrogen) atoms. The maximum absolute atomic E-state index is 12.1. The number of ketones is 1. The monoisotopic (exact) mass is 270 g/mol. The first-order chi connectivity index (χ1) is 8.15. The maximum atomic E-state index is 12.1. The Kier molecular flexibility index (Phi) is 6.68. The topological polar surface area (TPSA) is 17.1 Å². The van der Waals surface area contributed by atoms with E-state index in [2.05, 4.69) is 6.92 Å². The number of carbonyl (C=O) groups is 1. The molecule has 0 saturated carbocycles. The van der Waals surface area contributed by atoms with Crippen LogP contribution in [0.15, 0.2) is 24.3 Å². The summed E-state index contributed by atoms with van der Waals surface area (Å²) in [4.78, 5) is 12.1. The van der Waals surface area contributed by atoms with E-state index in [1.54, 1.807) is 36.0 Å². The van der Waals surface area contributed by atoms with E-state index in [1.807, 2.05) is 6.92 Å². The van der Waals surface area contributed by atoms with Gasteiger partial charge in [0.15, 0.2) is 5.78 Å². The number of Topliss-reactive ketones (excluding diaryl/α,β-unsaturated/α-hetero) is 1. The van der Waals surface area contributed by atoms with E-state index in [1.165, 1.54) is 19.3 Å². The average molecular weight is 271 g/mol. The van der Waals surface area contributed by atoms with E-state index in [4.69, 9.17) is 11.6 Å². The van der Waals surface area contributed by atoms with Gasteiger partial charge in [-0.2, -0.15) is 11.8 Å². The molecule has 0 N–H and O–H groups in total. The molecule has 1 aromatic carbocycles. The minimum absolute atomic E-state index is 0.0352. The van der Waals surface area contributed by atoms with Crippen molar-refractivity contribution in [2.45, 2.75) is 38.4 Å². The zero-order valence-electron chi connectivity index (χ0n) is 10.4. The molecule has 0 aliphatic carbocycles. The van der Waals surface area contributed by atoms with Crippen molar-refractivity contribution < 1.29 is 4.79 Å². The van der Waals surface area contributed by atoms with Crippen LogP contribution in [0.5, 0.6) is 0 Å². The smallest absolute Gasteiger partial charge is 0.175 e. The van der Waals surface area contributed by atoms with Crippen molar-refractivity contribution in [1.29, 1.82) is 0 Å². The summed E-state index contributed by atoms with van der Waals surface area (Å²) in [6, 6.07) is 7.13. The Bertz CT molecular complexity index is 348. The van der Waals surface area contributed by atoms with E-state index in [-0.39, 0.29) is 11.0 Å². The second-order valence-corrected chi connectivity index (χ2v) is 5.98. The molecule has 0 radical (unpaired) electrons. The Labute approximate surface area is 113 Å². The van der Waals surface area contributed by atoms with Gasteiger partial charge in [0.2, 0.25) is 0 Å². The van der Waals surface area contributed by atoms with Gasteiger partial charge < -0.3 is 0 Å². The molecule has 1 aromatic rings. The second kappa shape index (κ2) is 7.78. The molecule has 1 nitrogen and oxygen atoms in total. The quantitative estimate of drug-likeness (QED) is 0.521. The summed E-state index contributed by atoms with van der Waals surface area (Å²) in [7, 11) is 0. The zero-order chi connectivity index (χ0) is 12.7. The molecule has 0 fully saturated rings. The van der Waals surface area contributed by atoms with E-state index < -0.39 is 0 Å². The van der Waals surface area contributed by atoms with Crippen molar-refractivity contribution in [2.75, 3.05) is 5.75 Å². The van der Waals surface area contributed by atoms with Crippen LogP contribution in [0.3, 0.4) is 0 Å². The number of hydrogen-bond donors (Lipinski definition) is 0. The summed E-state index contributed by atoms with van der Waals surface area (Å²) in [5.74, 6) is 1.26. The largest absolute Gasteiger partial charge is 0.293 e. The molecule has 3 heteroatoms. The average Bonchev–Trinajstić information content (AvgIpc) is 2.34. The Balaban J connectivity index is 2.43. The number of carbonyl (C=O) groups excluding carboxylic acids is 1. The van der Waals surface area contributed by atoms with Crippen LogP contribution in [-0.2, 0) is 0 Å². The summed E-state index contributed by atoms with van der Waals surface area (Å²) >= 11 is 7.54. The summed E-state index contributed by atoms with van der Waals surface area (Å²) < 4.78 is 0. The first kappa shape index (κ1) is 14.6. The van der Waals surface area contributed by atoms with E-state index in [0.717, 1.165) is 11.3 Å². The van der Waals surface area contributed by atoms with Crippen molar-refractivity contribution in [2.24, 2.45) is 0 Å². The summed E-state index contributed by atoms with van der Waals surface area (Å²) in [5, 5.41) is 0.706. The van der Waals surface area contributed by atoms with Crippen LogP contribution >= 0.6 is 23.4 Å². The van der Waals surface area contributed by atoms with Gasteiger partial charge in [0, 0.05) is 10.6 Å². The molecule has 0 bridgehead atoms. The second-order valence-electron chi connectivity index (χ2n) is 4.09. The third-order valence-corrected chi connectivity index (χ3v) is 4.10. The number of benzene rings is 1. The number of unbranched alkanes of at least 4 members (excludes halogenated alkanes) is 2. The van der Waals surface area contributed by atoms with Crippen molar-refractivity contribution in [3.63, 3.8) is 0 Å². The normalized spacial score (nSPS) is 12.4. The first-order valence-corrected chi connectivity index (χ1v) is 7.49. The Morgan fingerprint density at radius 3 is 2.53 bits per heavy atom. The third-order valence-electron chi connectivity index (χ3n) is 2.61. The van der Waals surface area contributed by atoms with Gasteiger partial charge in [-0.1, -0.05) is 31.4 Å². The van der Waals surface area contributed by atoms with Crippen LogP contribution in [0.1, 0.15) is 43.5 Å². The zero-order valence-corrected chi connectivity index (χ0v) is 12.0. The van der Waals surface area contributed by atoms with Crippen molar-refractivity contribution >= 4 is 29.1 Å². The van der Waals surface area contributed by atoms with Crippen LogP contribution < -0.4 is 0 Å². The lowest BCUT2D eigenvalue weighted by Crippen LogP contribution is -2.14. The predicted molar refractivity (Wildman–Crippen MR) is 77.2 cm³/mol. The molecular formula is C14H19ClOS. The minimum atomic E-state index is 0.0352. The maximum Gasteiger partial charge on any atom is 0.175 e. The molecule has 1 unspecified atom stereocenters. The Morgan fingerprint density at radius 2 is 1.94 bits per heavy atom. The lowest BCUT2D eigenvalue weighted by atomic mass is 10.1. The fourth-order valence-corrected chi connectivity index (χ4v) is 2.67. The SMILES string of the molecule is CCCCCSC(C)C(=O)c1ccc(Cl)cc1. The molecule has 1 rings (SSSR count). The molecule has 0 aliphatic rings. The Morgan fingerprint density at radius 1 is 1.29 bits per heavy atom. The molecule has 0 amide bonds. The van der Waals surface area contributed by atoms with E-state index >= 15 is 0 Å². The lowest BCUT2D eigenvalue weighted by molar-refractivity contribution is 0.0994. The molecule has 0 aliphatic heterocycles. The van der Waals surface area contributed by atoms with E-state index in [9.17, 15) is 4.79 Å². The lowest BCUT2D eigenvalue weighted by Gasteiger charge is -2.10. The van der Waals surface area contributed by atoms with Gasteiger partial charge >= 0.3 is 0 Å². The van der Waals surface area contributed by atoms with Gasteiger partial charge in [-0.15, -0.1) is 0 Å². The fraction of sp³-hybridized carbons (Fsp3) is 0.500. The van der Waals surface area contributed by atoms with Crippen molar-refractivity contribution in [1.82, 2.24) is 0 Å². The van der Waals surface area contributed by atoms with Gasteiger partial charge in [-0.3, -0.25) is 4.79 Å². The number of thioether (sulfide) groups is 1. The molecule has 0 saturated heterocycles. The summed E-state index contributed by atoms with van der Waals surface area (Å²) in [5.41, 5.74) is 0.755. The van der Waals surface area contributed by atoms with Crippen LogP contribution in [-0.4, -0.2) is 16.8 Å². The molecule has 1 atom stereocenters. The van der Waals surface area contributed by atoms with Crippen LogP contribution in [0.4, 0.5) is 0 Å². The van der Waals surface area contributed by atoms with Gasteiger partial charge in [0.1, 0.15) is 0 Å². The Hall–Kier alpha value is -0.470. The van der Waals surface area contributed by atoms with Crippen LogP contribution in [0.2, 0.25) is 5.02 Å². The van der Waals surface area contributed by atoms with Gasteiger partial charge in [-0.05, 0) is 43.4 Å². The number of rotatable bonds is 7. The highest BCUT2D eigenvalue weighted by atomic mass is 35.5. The van der Waals surface area contributed by atoms with Crippen molar-refractivity contribution in [3.8, 4) is 0 Å². The highest BCUT2D eigenvalue weighted by molar-refractivity contribution is 8.00. The highest BCUT2D eigenvalue weighted by Gasteiger charge is 2.14. The minimum Gasteiger partial charge on any atom is -0.293 e. The van der Waals surface area contributed by atoms with Gasteiger partial charge in [-0.25, -0.2) is 0 Å². The van der Waals surface area contributed by atoms with Crippen molar-refractivity contribution in [3.05, 3.63) is 34.9 Å². The number of hydrogen-bond acceptors (Lipinski definition) is 2. The molecular weight excluding hydrogens is 252 g/mol. The van der Waals surface area contributed by atoms with Crippen LogP contribution in [0.25, 0.3) is 0 Å². The van der Waals surface area contributed by atoms with E-state index in [0.29, 0.717) is 5.02 Å². The molecule has 0 aromatic heterocycles. The molecule has 94 valence electrons. The third kappa shape index (κ3) is 5.13. The van der Waals surface area contributed by atoms with Gasteiger partial charge in [0.25, 0.3) is 0 Å². The molecule has 0 heterocycles. The summed E-state index contributed by atoms with van der Waals surface area (Å²) in [6.45, 7) is 4.17. The summed E-state index contributed by atoms with van der Waals surface area (Å²) in [6.07, 6.45) is 3.66. The number of halogens is 1. The standard InChI is InChI=1S/C14H19ClOS/c1-3-4-5-10-17-11(2)14(16)12-6-8-13(15)9-7-12/h6-9,11H,3-5,10H2,1-2H3. The predicted octanol–water partition coefficient (Wildman–Crippen LogP) is 4.83. The highest BCUT2D eigenvalue weighted by Crippen LogP contribution is 2.19. The fourth-order valence-electron chi connectivity index (χ4n) is 1.54. The van der Waals surface area contributed by atoms with Crippen LogP contribution in [0, 0.1) is 0 Å². The molecule has 0 spiro atoms. The first-order valence-electron chi connectivity index (χ1n) is 6.06.